The Morgan fingerprint density at radius 3 is 2.70 bits per heavy atom. The topological polar surface area (TPSA) is 63.8 Å². The van der Waals surface area contributed by atoms with Crippen LogP contribution in [-0.2, 0) is 4.79 Å². The Labute approximate surface area is 159 Å². The molecule has 3 aromatic rings. The quantitative estimate of drug-likeness (QED) is 0.505. The molecule has 27 heavy (non-hydrogen) atoms. The van der Waals surface area contributed by atoms with Crippen molar-refractivity contribution in [2.75, 3.05) is 6.61 Å². The normalized spacial score (nSPS) is 11.8. The summed E-state index contributed by atoms with van der Waals surface area (Å²) in [6, 6.07) is 15.6. The molecule has 0 saturated carbocycles. The molecule has 3 rings (SSSR count). The molecule has 0 bridgehead atoms. The minimum atomic E-state index is -0.319. The van der Waals surface area contributed by atoms with E-state index in [1.54, 1.807) is 6.92 Å². The molecule has 5 heteroatoms. The lowest BCUT2D eigenvalue weighted by molar-refractivity contribution is -0.123. The third kappa shape index (κ3) is 4.56. The maximum atomic E-state index is 12.1. The number of hydrogen-bond donors (Lipinski definition) is 1. The van der Waals surface area contributed by atoms with E-state index in [4.69, 9.17) is 9.15 Å². The summed E-state index contributed by atoms with van der Waals surface area (Å²) in [6.45, 7) is 7.93. The van der Waals surface area contributed by atoms with E-state index in [1.807, 2.05) is 49.4 Å². The molecule has 0 radical (unpaired) electrons. The van der Waals surface area contributed by atoms with E-state index in [1.165, 1.54) is 5.56 Å². The van der Waals surface area contributed by atoms with Gasteiger partial charge in [-0.1, -0.05) is 49.7 Å². The first-order valence-electron chi connectivity index (χ1n) is 8.99. The van der Waals surface area contributed by atoms with E-state index in [0.29, 0.717) is 17.4 Å². The van der Waals surface area contributed by atoms with Crippen LogP contribution in [0.3, 0.4) is 0 Å². The Kier molecular flexibility index (Phi) is 5.60. The van der Waals surface area contributed by atoms with Crippen LogP contribution in [0.4, 0.5) is 0 Å². The average Bonchev–Trinajstić information content (AvgIpc) is 3.09. The minimum Gasteiger partial charge on any atom is -0.483 e. The van der Waals surface area contributed by atoms with E-state index in [2.05, 4.69) is 30.4 Å². The highest BCUT2D eigenvalue weighted by Crippen LogP contribution is 2.27. The van der Waals surface area contributed by atoms with E-state index in [0.717, 1.165) is 22.3 Å². The third-order valence-electron chi connectivity index (χ3n) is 4.28. The summed E-state index contributed by atoms with van der Waals surface area (Å²) in [5.41, 5.74) is 6.16. The summed E-state index contributed by atoms with van der Waals surface area (Å²) in [5.74, 6) is 1.35. The average molecular weight is 364 g/mol. The van der Waals surface area contributed by atoms with Crippen LogP contribution in [0.2, 0.25) is 0 Å². The smallest absolute Gasteiger partial charge is 0.277 e. The van der Waals surface area contributed by atoms with Gasteiger partial charge in [-0.2, -0.15) is 5.10 Å². The highest BCUT2D eigenvalue weighted by Gasteiger charge is 2.11. The van der Waals surface area contributed by atoms with Gasteiger partial charge in [-0.05, 0) is 43.5 Å². The van der Waals surface area contributed by atoms with Gasteiger partial charge in [-0.25, -0.2) is 5.43 Å². The summed E-state index contributed by atoms with van der Waals surface area (Å²) in [7, 11) is 0. The van der Waals surface area contributed by atoms with Crippen LogP contribution >= 0.6 is 0 Å². The number of hydrogen-bond acceptors (Lipinski definition) is 4. The molecule has 0 aliphatic carbocycles. The van der Waals surface area contributed by atoms with Crippen LogP contribution < -0.4 is 10.2 Å². The maximum absolute atomic E-state index is 12.1. The fourth-order valence-corrected chi connectivity index (χ4v) is 2.79. The van der Waals surface area contributed by atoms with Gasteiger partial charge in [0.15, 0.2) is 12.4 Å². The van der Waals surface area contributed by atoms with Crippen molar-refractivity contribution < 1.29 is 13.9 Å². The van der Waals surface area contributed by atoms with Gasteiger partial charge in [0.05, 0.1) is 0 Å². The Morgan fingerprint density at radius 2 is 1.96 bits per heavy atom. The van der Waals surface area contributed by atoms with Gasteiger partial charge >= 0.3 is 0 Å². The monoisotopic (exact) mass is 364 g/mol. The first-order chi connectivity index (χ1) is 12.9. The van der Waals surface area contributed by atoms with Crippen molar-refractivity contribution >= 4 is 22.6 Å². The number of para-hydroxylation sites is 1. The van der Waals surface area contributed by atoms with Gasteiger partial charge in [0.1, 0.15) is 17.0 Å². The van der Waals surface area contributed by atoms with Gasteiger partial charge in [0.2, 0.25) is 0 Å². The predicted molar refractivity (Wildman–Crippen MR) is 107 cm³/mol. The van der Waals surface area contributed by atoms with E-state index in [9.17, 15) is 4.79 Å². The number of carbonyl (C=O) groups is 1. The number of amides is 1. The van der Waals surface area contributed by atoms with Crippen molar-refractivity contribution in [1.82, 2.24) is 5.43 Å². The molecule has 0 saturated heterocycles. The third-order valence-corrected chi connectivity index (χ3v) is 4.28. The standard InChI is InChI=1S/C22H24N2O3/c1-14(2)18-11-15(3)9-10-20(18)26-13-22(25)24-23-16(4)21-12-17-7-5-6-8-19(17)27-21/h5-12,14H,13H2,1-4H3,(H,24,25). The summed E-state index contributed by atoms with van der Waals surface area (Å²) in [6.07, 6.45) is 0. The number of furan rings is 1. The van der Waals surface area contributed by atoms with Crippen LogP contribution in [0.1, 0.15) is 43.6 Å². The molecule has 1 aromatic heterocycles. The number of aryl methyl sites for hydroxylation is 1. The predicted octanol–water partition coefficient (Wildman–Crippen LogP) is 4.78. The van der Waals surface area contributed by atoms with Crippen molar-refractivity contribution in [3.8, 4) is 5.75 Å². The molecule has 1 amide bonds. The molecule has 0 spiro atoms. The molecule has 1 N–H and O–H groups in total. The summed E-state index contributed by atoms with van der Waals surface area (Å²) in [5, 5.41) is 5.11. The highest BCUT2D eigenvalue weighted by atomic mass is 16.5. The molecule has 0 atom stereocenters. The number of rotatable bonds is 6. The van der Waals surface area contributed by atoms with Gasteiger partial charge in [-0.15, -0.1) is 0 Å². The SMILES string of the molecule is CC(=NNC(=O)COc1ccc(C)cc1C(C)C)c1cc2ccccc2o1. The highest BCUT2D eigenvalue weighted by molar-refractivity contribution is 6.00. The van der Waals surface area contributed by atoms with E-state index < -0.39 is 0 Å². The zero-order chi connectivity index (χ0) is 19.4. The Hall–Kier alpha value is -3.08. The minimum absolute atomic E-state index is 0.0975. The number of hydrazone groups is 1. The van der Waals surface area contributed by atoms with Crippen LogP contribution in [0, 0.1) is 6.92 Å². The number of carbonyl (C=O) groups excluding carboxylic acids is 1. The molecule has 0 fully saturated rings. The summed E-state index contributed by atoms with van der Waals surface area (Å²) < 4.78 is 11.4. The van der Waals surface area contributed by atoms with Crippen molar-refractivity contribution in [2.24, 2.45) is 5.10 Å². The molecule has 0 aliphatic rings. The van der Waals surface area contributed by atoms with E-state index >= 15 is 0 Å². The fraction of sp³-hybridized carbons (Fsp3) is 0.273. The van der Waals surface area contributed by atoms with Crippen molar-refractivity contribution in [3.05, 3.63) is 65.4 Å². The van der Waals surface area contributed by atoms with Gasteiger partial charge in [-0.3, -0.25) is 4.79 Å². The van der Waals surface area contributed by atoms with Crippen LogP contribution in [0.15, 0.2) is 58.0 Å². The van der Waals surface area contributed by atoms with Gasteiger partial charge in [0, 0.05) is 5.39 Å². The second-order valence-corrected chi connectivity index (χ2v) is 6.87. The molecular formula is C22H24N2O3. The number of benzene rings is 2. The van der Waals surface area contributed by atoms with Crippen LogP contribution in [-0.4, -0.2) is 18.2 Å². The molecule has 1 heterocycles. The Morgan fingerprint density at radius 1 is 1.19 bits per heavy atom. The first kappa shape index (κ1) is 18.7. The van der Waals surface area contributed by atoms with Crippen molar-refractivity contribution in [1.29, 1.82) is 0 Å². The number of nitrogens with zero attached hydrogens (tertiary/aromatic N) is 1. The molecule has 2 aromatic carbocycles. The van der Waals surface area contributed by atoms with Gasteiger partial charge < -0.3 is 9.15 Å². The molecule has 5 nitrogen and oxygen atoms in total. The molecular weight excluding hydrogens is 340 g/mol. The summed E-state index contributed by atoms with van der Waals surface area (Å²) >= 11 is 0. The summed E-state index contributed by atoms with van der Waals surface area (Å²) in [4.78, 5) is 12.1. The first-order valence-corrected chi connectivity index (χ1v) is 8.99. The molecule has 0 unspecified atom stereocenters. The lowest BCUT2D eigenvalue weighted by Crippen LogP contribution is -2.25. The fourth-order valence-electron chi connectivity index (χ4n) is 2.79. The number of nitrogens with one attached hydrogen (secondary N) is 1. The Bertz CT molecular complexity index is 953. The largest absolute Gasteiger partial charge is 0.483 e. The zero-order valence-corrected chi connectivity index (χ0v) is 16.1. The molecule has 0 aliphatic heterocycles. The lowest BCUT2D eigenvalue weighted by Gasteiger charge is -2.14. The van der Waals surface area contributed by atoms with Crippen molar-refractivity contribution in [3.63, 3.8) is 0 Å². The molecule has 140 valence electrons. The van der Waals surface area contributed by atoms with Crippen LogP contribution in [0.5, 0.6) is 5.75 Å². The second-order valence-electron chi connectivity index (χ2n) is 6.87. The van der Waals surface area contributed by atoms with Crippen molar-refractivity contribution in [2.45, 2.75) is 33.6 Å². The maximum Gasteiger partial charge on any atom is 0.277 e. The second kappa shape index (κ2) is 8.08. The number of ether oxygens (including phenoxy) is 1. The number of fused-ring (bicyclic) bond motifs is 1. The van der Waals surface area contributed by atoms with Crippen LogP contribution in [0.25, 0.3) is 11.0 Å². The van der Waals surface area contributed by atoms with Gasteiger partial charge in [0.25, 0.3) is 5.91 Å². The van der Waals surface area contributed by atoms with E-state index in [-0.39, 0.29) is 12.5 Å². The lowest BCUT2D eigenvalue weighted by atomic mass is 10.00. The Balaban J connectivity index is 1.62. The zero-order valence-electron chi connectivity index (χ0n) is 16.1.